The number of benzene rings is 5. The minimum Gasteiger partial charge on any atom is -0.356 e. The molecule has 0 radical (unpaired) electrons. The Bertz CT molecular complexity index is 2080. The van der Waals surface area contributed by atoms with Gasteiger partial charge in [-0.3, -0.25) is 9.59 Å². The molecule has 0 spiro atoms. The topological polar surface area (TPSA) is 85.8 Å². The van der Waals surface area contributed by atoms with E-state index >= 15 is 0 Å². The lowest BCUT2D eigenvalue weighted by Gasteiger charge is -2.26. The van der Waals surface area contributed by atoms with Crippen LogP contribution in [0.5, 0.6) is 0 Å². The molecule has 7 heteroatoms. The molecule has 0 saturated heterocycles. The second kappa shape index (κ2) is 11.4. The van der Waals surface area contributed by atoms with Crippen molar-refractivity contribution in [1.29, 1.82) is 0 Å². The number of hydrogen-bond acceptors (Lipinski definition) is 6. The molecule has 0 aromatic heterocycles. The fraction of sp³-hybridized carbons (Fsp3) is 0.0541. The predicted octanol–water partition coefficient (Wildman–Crippen LogP) is 6.67. The molecule has 0 saturated carbocycles. The number of hydrogen-bond donors (Lipinski definition) is 3. The van der Waals surface area contributed by atoms with Crippen LogP contribution in [0.15, 0.2) is 115 Å². The van der Waals surface area contributed by atoms with Crippen LogP contribution in [0.1, 0.15) is 12.0 Å². The molecule has 0 bridgehead atoms. The minimum atomic E-state index is -0.244. The van der Waals surface area contributed by atoms with Crippen LogP contribution in [0.25, 0.3) is 22.9 Å². The molecule has 7 nitrogen and oxygen atoms in total. The van der Waals surface area contributed by atoms with Gasteiger partial charge in [-0.15, -0.1) is 0 Å². The zero-order valence-electron chi connectivity index (χ0n) is 23.9. The second-order valence-corrected chi connectivity index (χ2v) is 10.8. The van der Waals surface area contributed by atoms with Gasteiger partial charge in [0.2, 0.25) is 5.91 Å². The number of anilines is 6. The highest BCUT2D eigenvalue weighted by atomic mass is 16.1. The second-order valence-electron chi connectivity index (χ2n) is 10.8. The van der Waals surface area contributed by atoms with E-state index in [0.717, 1.165) is 60.9 Å². The molecular weight excluding hydrogens is 546 g/mol. The zero-order chi connectivity index (χ0) is 30.0. The van der Waals surface area contributed by atoms with Crippen molar-refractivity contribution in [2.24, 2.45) is 4.99 Å². The number of amides is 1. The number of fused-ring (bicyclic) bond motifs is 4. The van der Waals surface area contributed by atoms with E-state index in [1.807, 2.05) is 79.1 Å². The number of Topliss-reactive ketones (excluding diaryl/α,β-unsaturated/α-hetero) is 1. The number of carbonyl (C=O) groups is 2. The van der Waals surface area contributed by atoms with E-state index < -0.39 is 0 Å². The molecule has 0 fully saturated rings. The first kappa shape index (κ1) is 26.9. The number of carbonyl (C=O) groups excluding carboxylic acids is 2. The maximum atomic E-state index is 12.3. The predicted molar refractivity (Wildman–Crippen MR) is 181 cm³/mol. The van der Waals surface area contributed by atoms with Gasteiger partial charge in [-0.05, 0) is 107 Å². The smallest absolute Gasteiger partial charge is 0.247 e. The maximum absolute atomic E-state index is 12.3. The van der Waals surface area contributed by atoms with Gasteiger partial charge in [-0.1, -0.05) is 30.9 Å². The quantitative estimate of drug-likeness (QED) is 0.189. The van der Waals surface area contributed by atoms with Crippen molar-refractivity contribution in [1.82, 2.24) is 0 Å². The number of para-hydroxylation sites is 1. The lowest BCUT2D eigenvalue weighted by Crippen LogP contribution is -2.30. The molecule has 3 N–H and O–H groups in total. The van der Waals surface area contributed by atoms with E-state index in [4.69, 9.17) is 4.99 Å². The molecule has 2 aliphatic rings. The van der Waals surface area contributed by atoms with Crippen molar-refractivity contribution in [3.63, 3.8) is 0 Å². The van der Waals surface area contributed by atoms with Crippen molar-refractivity contribution in [2.45, 2.75) is 13.0 Å². The molecule has 5 aromatic rings. The minimum absolute atomic E-state index is 0.114. The summed E-state index contributed by atoms with van der Waals surface area (Å²) in [6.45, 7) is 4.18. The van der Waals surface area contributed by atoms with Crippen molar-refractivity contribution in [2.75, 3.05) is 20.9 Å². The molecule has 1 amide bonds. The summed E-state index contributed by atoms with van der Waals surface area (Å²) in [6, 6.07) is 32.2. The molecule has 44 heavy (non-hydrogen) atoms. The van der Waals surface area contributed by atoms with Crippen molar-refractivity contribution >= 4 is 80.8 Å². The fourth-order valence-electron chi connectivity index (χ4n) is 5.58. The molecule has 0 unspecified atom stereocenters. The fourth-order valence-corrected chi connectivity index (χ4v) is 5.58. The summed E-state index contributed by atoms with van der Waals surface area (Å²) in [7, 11) is 0. The van der Waals surface area contributed by atoms with Crippen molar-refractivity contribution in [3.8, 4) is 0 Å². The van der Waals surface area contributed by atoms with Gasteiger partial charge in [0.05, 0.1) is 18.6 Å². The largest absolute Gasteiger partial charge is 0.356 e. The van der Waals surface area contributed by atoms with Crippen molar-refractivity contribution in [3.05, 3.63) is 126 Å². The number of rotatable bonds is 7. The third-order valence-corrected chi connectivity index (χ3v) is 7.81. The number of nitrogens with one attached hydrogen (secondary N) is 3. The highest BCUT2D eigenvalue weighted by Gasteiger charge is 2.19. The summed E-state index contributed by atoms with van der Waals surface area (Å²) < 4.78 is 0. The molecule has 1 aliphatic heterocycles. The van der Waals surface area contributed by atoms with Crippen LogP contribution in [-0.2, 0) is 16.1 Å². The highest BCUT2D eigenvalue weighted by molar-refractivity contribution is 6.10. The Morgan fingerprint density at radius 3 is 2.16 bits per heavy atom. The zero-order valence-corrected chi connectivity index (χ0v) is 23.9. The van der Waals surface area contributed by atoms with E-state index in [-0.39, 0.29) is 11.7 Å². The lowest BCUT2D eigenvalue weighted by molar-refractivity contribution is -0.113. The summed E-state index contributed by atoms with van der Waals surface area (Å²) in [6.07, 6.45) is 7.31. The maximum Gasteiger partial charge on any atom is 0.247 e. The van der Waals surface area contributed by atoms with Gasteiger partial charge in [-0.2, -0.15) is 0 Å². The van der Waals surface area contributed by atoms with Gasteiger partial charge in [0.25, 0.3) is 0 Å². The van der Waals surface area contributed by atoms with E-state index in [0.29, 0.717) is 18.7 Å². The first-order valence-electron chi connectivity index (χ1n) is 14.4. The summed E-state index contributed by atoms with van der Waals surface area (Å²) in [4.78, 5) is 30.8. The molecule has 5 aromatic carbocycles. The van der Waals surface area contributed by atoms with Gasteiger partial charge >= 0.3 is 0 Å². The standard InChI is InChI=1S/C37H29N5O2/c1-2-37(44)41-29-15-11-27(12-16-29)39-26-9-13-28(14-10-26)40-36-21-35-34(22-42(23-38-35)30-6-4-3-5-7-30)32-19-24-8-17-31(43)18-25(24)20-33(32)36/h2-16,18-21,23,39-40H,1,17,22H2,(H,41,44). The summed E-state index contributed by atoms with van der Waals surface area (Å²) in [5.74, 6) is -0.130. The lowest BCUT2D eigenvalue weighted by atomic mass is 9.95. The van der Waals surface area contributed by atoms with E-state index in [9.17, 15) is 9.59 Å². The van der Waals surface area contributed by atoms with E-state index in [1.54, 1.807) is 6.08 Å². The third kappa shape index (κ3) is 5.46. The first-order chi connectivity index (χ1) is 21.5. The average molecular weight is 576 g/mol. The Kier molecular flexibility index (Phi) is 6.96. The molecule has 0 atom stereocenters. The Morgan fingerprint density at radius 1 is 0.795 bits per heavy atom. The summed E-state index contributed by atoms with van der Waals surface area (Å²) in [5.41, 5.74) is 7.55. The van der Waals surface area contributed by atoms with E-state index in [1.165, 1.54) is 6.08 Å². The number of ketones is 1. The number of aliphatic imine (C=N–C) groups is 1. The normalized spacial score (nSPS) is 13.3. The van der Waals surface area contributed by atoms with Crippen LogP contribution >= 0.6 is 0 Å². The van der Waals surface area contributed by atoms with Gasteiger partial charge in [0.15, 0.2) is 5.78 Å². The monoisotopic (exact) mass is 575 g/mol. The Morgan fingerprint density at radius 2 is 1.45 bits per heavy atom. The van der Waals surface area contributed by atoms with Crippen LogP contribution in [0.3, 0.4) is 0 Å². The van der Waals surface area contributed by atoms with Gasteiger partial charge in [-0.25, -0.2) is 4.99 Å². The third-order valence-electron chi connectivity index (χ3n) is 7.81. The summed E-state index contributed by atoms with van der Waals surface area (Å²) >= 11 is 0. The molecule has 7 rings (SSSR count). The molecule has 1 aliphatic carbocycles. The summed E-state index contributed by atoms with van der Waals surface area (Å²) in [5, 5.41) is 13.9. The first-order valence-corrected chi connectivity index (χ1v) is 14.4. The van der Waals surface area contributed by atoms with E-state index in [2.05, 4.69) is 57.8 Å². The van der Waals surface area contributed by atoms with Crippen LogP contribution in [0.2, 0.25) is 0 Å². The van der Waals surface area contributed by atoms with Gasteiger partial charge in [0, 0.05) is 51.5 Å². The molecular formula is C37H29N5O2. The van der Waals surface area contributed by atoms with Crippen LogP contribution in [0.4, 0.5) is 39.8 Å². The molecule has 214 valence electrons. The van der Waals surface area contributed by atoms with Crippen LogP contribution < -0.4 is 31.3 Å². The van der Waals surface area contributed by atoms with Crippen molar-refractivity contribution < 1.29 is 9.59 Å². The average Bonchev–Trinajstić information content (AvgIpc) is 3.06. The van der Waals surface area contributed by atoms with Gasteiger partial charge < -0.3 is 20.9 Å². The van der Waals surface area contributed by atoms with Crippen LogP contribution in [0, 0.1) is 0 Å². The number of nitrogens with zero attached hydrogens (tertiary/aromatic N) is 2. The Labute approximate surface area is 254 Å². The van der Waals surface area contributed by atoms with Crippen LogP contribution in [-0.4, -0.2) is 18.0 Å². The Hall–Kier alpha value is -5.95. The van der Waals surface area contributed by atoms with Gasteiger partial charge in [0.1, 0.15) is 0 Å². The Balaban J connectivity index is 1.19. The highest BCUT2D eigenvalue weighted by Crippen LogP contribution is 2.38. The SMILES string of the molecule is C=CC(=O)Nc1ccc(Nc2ccc(Nc3cc4c(c5cc6c(cc35)=CC(=O)CC=6)CN(c3ccccc3)C=N4)cc2)cc1. The molecule has 1 heterocycles.